The Morgan fingerprint density at radius 1 is 0.889 bits per heavy atom. The van der Waals surface area contributed by atoms with Crippen molar-refractivity contribution in [2.24, 2.45) is 0 Å². The minimum atomic E-state index is -1.82. The highest BCUT2D eigenvalue weighted by Crippen LogP contribution is 2.10. The van der Waals surface area contributed by atoms with E-state index in [-0.39, 0.29) is 12.4 Å². The van der Waals surface area contributed by atoms with E-state index in [1.165, 1.54) is 0 Å². The van der Waals surface area contributed by atoms with Gasteiger partial charge in [-0.2, -0.15) is 0 Å². The molecule has 0 aliphatic heterocycles. The lowest BCUT2D eigenvalue weighted by Gasteiger charge is -2.03. The van der Waals surface area contributed by atoms with Crippen LogP contribution in [0.1, 0.15) is 11.7 Å². The molecule has 0 bridgehead atoms. The van der Waals surface area contributed by atoms with Gasteiger partial charge in [0.2, 0.25) is 0 Å². The van der Waals surface area contributed by atoms with Crippen LogP contribution in [0.3, 0.4) is 0 Å². The summed E-state index contributed by atoms with van der Waals surface area (Å²) in [5.41, 5.74) is 0.403. The first-order chi connectivity index (χ1) is 7.86. The summed E-state index contributed by atoms with van der Waals surface area (Å²) in [6, 6.07) is 8.26. The molecule has 18 heavy (non-hydrogen) atoms. The van der Waals surface area contributed by atoms with E-state index in [0.717, 1.165) is 0 Å². The van der Waals surface area contributed by atoms with Crippen molar-refractivity contribution >= 4 is 30.3 Å². The summed E-state index contributed by atoms with van der Waals surface area (Å²) in [6.07, 6.45) is -1.41. The van der Waals surface area contributed by atoms with Crippen LogP contribution in [0.4, 0.5) is 0 Å². The van der Waals surface area contributed by atoms with Crippen molar-refractivity contribution in [1.82, 2.24) is 0 Å². The van der Waals surface area contributed by atoms with Crippen molar-refractivity contribution in [2.45, 2.75) is 6.10 Å². The van der Waals surface area contributed by atoms with Crippen molar-refractivity contribution in [3.63, 3.8) is 0 Å². The van der Waals surface area contributed by atoms with Crippen molar-refractivity contribution in [2.75, 3.05) is 0 Å². The van der Waals surface area contributed by atoms with Gasteiger partial charge < -0.3 is 20.4 Å². The van der Waals surface area contributed by atoms with Crippen LogP contribution in [0.25, 0.3) is 0 Å². The molecule has 1 atom stereocenters. The molecule has 0 saturated carbocycles. The third-order valence-electron chi connectivity index (χ3n) is 1.53. The molecule has 100 valence electrons. The molecule has 0 saturated heterocycles. The van der Waals surface area contributed by atoms with Gasteiger partial charge in [0.15, 0.2) is 6.10 Å². The van der Waals surface area contributed by atoms with E-state index in [0.29, 0.717) is 5.56 Å². The molecule has 4 N–H and O–H groups in total. The maximum atomic E-state index is 10.2. The van der Waals surface area contributed by atoms with Gasteiger partial charge in [-0.05, 0) is 5.56 Å². The monoisotopic (exact) mass is 278 g/mol. The Labute approximate surface area is 108 Å². The van der Waals surface area contributed by atoms with Crippen LogP contribution >= 0.6 is 12.4 Å². The number of carbonyl (C=O) groups is 3. The average molecular weight is 279 g/mol. The summed E-state index contributed by atoms with van der Waals surface area (Å²) >= 11 is 0. The van der Waals surface area contributed by atoms with Gasteiger partial charge in [0.05, 0.1) is 0 Å². The maximum Gasteiger partial charge on any atom is 0.414 e. The Bertz CT molecular complexity index is 392. The SMILES string of the molecule is Cl.O=C(O)C(=O)O.O=C(O)C(O)c1ccccc1. The molecule has 0 heterocycles. The second-order valence-electron chi connectivity index (χ2n) is 2.76. The second-order valence-corrected chi connectivity index (χ2v) is 2.76. The fourth-order valence-corrected chi connectivity index (χ4v) is 0.778. The highest BCUT2D eigenvalue weighted by atomic mass is 35.5. The zero-order chi connectivity index (χ0) is 13.4. The van der Waals surface area contributed by atoms with Crippen LogP contribution < -0.4 is 0 Å². The predicted molar refractivity (Wildman–Crippen MR) is 61.6 cm³/mol. The maximum absolute atomic E-state index is 10.2. The van der Waals surface area contributed by atoms with Gasteiger partial charge in [0.1, 0.15) is 0 Å². The molecule has 8 heteroatoms. The number of aliphatic carboxylic acids is 3. The van der Waals surface area contributed by atoms with Gasteiger partial charge in [0, 0.05) is 0 Å². The van der Waals surface area contributed by atoms with Gasteiger partial charge in [-0.25, -0.2) is 14.4 Å². The first-order valence-corrected chi connectivity index (χ1v) is 4.28. The Kier molecular flexibility index (Phi) is 9.09. The van der Waals surface area contributed by atoms with Crippen molar-refractivity contribution in [1.29, 1.82) is 0 Å². The zero-order valence-corrected chi connectivity index (χ0v) is 9.70. The van der Waals surface area contributed by atoms with Crippen molar-refractivity contribution < 1.29 is 34.8 Å². The molecular weight excluding hydrogens is 268 g/mol. The largest absolute Gasteiger partial charge is 0.479 e. The molecule has 0 amide bonds. The molecule has 1 unspecified atom stereocenters. The molecule has 1 rings (SSSR count). The van der Waals surface area contributed by atoms with E-state index in [1.54, 1.807) is 30.3 Å². The minimum Gasteiger partial charge on any atom is -0.479 e. The number of carboxylic acids is 3. The molecule has 7 nitrogen and oxygen atoms in total. The standard InChI is InChI=1S/C8H8O3.C2H2O4.ClH/c9-7(8(10)11)6-4-2-1-3-5-6;3-1(4)2(5)6;/h1-5,7,9H,(H,10,11);(H,3,4)(H,5,6);1H. The van der Waals surface area contributed by atoms with Crippen LogP contribution in [0, 0.1) is 0 Å². The lowest BCUT2D eigenvalue weighted by molar-refractivity contribution is -0.159. The van der Waals surface area contributed by atoms with Crippen LogP contribution in [0.2, 0.25) is 0 Å². The molecule has 0 fully saturated rings. The van der Waals surface area contributed by atoms with E-state index in [9.17, 15) is 4.79 Å². The van der Waals surface area contributed by atoms with Gasteiger partial charge >= 0.3 is 17.9 Å². The number of hydrogen-bond acceptors (Lipinski definition) is 4. The van der Waals surface area contributed by atoms with Crippen molar-refractivity contribution in [3.8, 4) is 0 Å². The minimum absolute atomic E-state index is 0. The van der Waals surface area contributed by atoms with Gasteiger partial charge in [-0.1, -0.05) is 30.3 Å². The smallest absolute Gasteiger partial charge is 0.414 e. The third-order valence-corrected chi connectivity index (χ3v) is 1.53. The average Bonchev–Trinajstić information content (AvgIpc) is 2.29. The molecule has 0 spiro atoms. The van der Waals surface area contributed by atoms with Gasteiger partial charge in [-0.3, -0.25) is 0 Å². The number of aliphatic hydroxyl groups is 1. The molecule has 1 aromatic carbocycles. The lowest BCUT2D eigenvalue weighted by atomic mass is 10.1. The lowest BCUT2D eigenvalue weighted by Crippen LogP contribution is -2.09. The quantitative estimate of drug-likeness (QED) is 0.575. The van der Waals surface area contributed by atoms with E-state index >= 15 is 0 Å². The number of halogens is 1. The van der Waals surface area contributed by atoms with E-state index in [1.807, 2.05) is 0 Å². The number of rotatable bonds is 2. The number of carboxylic acid groups (broad SMARTS) is 3. The van der Waals surface area contributed by atoms with Crippen molar-refractivity contribution in [3.05, 3.63) is 35.9 Å². The number of hydrogen-bond donors (Lipinski definition) is 4. The number of aliphatic hydroxyl groups excluding tert-OH is 1. The summed E-state index contributed by atoms with van der Waals surface area (Å²) in [5, 5.41) is 32.2. The van der Waals surface area contributed by atoms with E-state index in [2.05, 4.69) is 0 Å². The second kappa shape index (κ2) is 8.97. The third kappa shape index (κ3) is 7.20. The summed E-state index contributed by atoms with van der Waals surface area (Å²) in [4.78, 5) is 28.4. The van der Waals surface area contributed by atoms with Crippen LogP contribution in [-0.2, 0) is 14.4 Å². The van der Waals surface area contributed by atoms with E-state index in [4.69, 9.17) is 30.0 Å². The highest BCUT2D eigenvalue weighted by Gasteiger charge is 2.14. The first-order valence-electron chi connectivity index (χ1n) is 4.28. The topological polar surface area (TPSA) is 132 Å². The van der Waals surface area contributed by atoms with Gasteiger partial charge in [0.25, 0.3) is 0 Å². The van der Waals surface area contributed by atoms with Crippen LogP contribution in [0.15, 0.2) is 30.3 Å². The Hall–Kier alpha value is -2.12. The number of benzene rings is 1. The Morgan fingerprint density at radius 2 is 1.28 bits per heavy atom. The summed E-state index contributed by atoms with van der Waals surface area (Å²) in [5.74, 6) is -4.87. The zero-order valence-electron chi connectivity index (χ0n) is 8.89. The van der Waals surface area contributed by atoms with Gasteiger partial charge in [-0.15, -0.1) is 12.4 Å². The first kappa shape index (κ1) is 18.3. The summed E-state index contributed by atoms with van der Waals surface area (Å²) in [7, 11) is 0. The summed E-state index contributed by atoms with van der Waals surface area (Å²) in [6.45, 7) is 0. The molecule has 1 aromatic rings. The molecule has 0 aliphatic carbocycles. The molecular formula is C10H11ClO7. The Morgan fingerprint density at radius 3 is 1.56 bits per heavy atom. The fourth-order valence-electron chi connectivity index (χ4n) is 0.778. The highest BCUT2D eigenvalue weighted by molar-refractivity contribution is 6.27. The predicted octanol–water partition coefficient (Wildman–Crippen LogP) is 0.382. The van der Waals surface area contributed by atoms with Crippen LogP contribution in [-0.4, -0.2) is 38.3 Å². The molecule has 0 aliphatic rings. The normalized spacial score (nSPS) is 10.1. The van der Waals surface area contributed by atoms with E-state index < -0.39 is 24.0 Å². The van der Waals surface area contributed by atoms with Crippen LogP contribution in [0.5, 0.6) is 0 Å². The fraction of sp³-hybridized carbons (Fsp3) is 0.100. The molecule has 0 radical (unpaired) electrons. The molecule has 0 aromatic heterocycles. The summed E-state index contributed by atoms with van der Waals surface area (Å²) < 4.78 is 0. The Balaban J connectivity index is 0.